The Morgan fingerprint density at radius 2 is 1.72 bits per heavy atom. The van der Waals surface area contributed by atoms with E-state index in [1.807, 2.05) is 31.2 Å². The first kappa shape index (κ1) is 19.2. The van der Waals surface area contributed by atoms with Gasteiger partial charge in [0, 0.05) is 22.5 Å². The molecular formula is C22H20F3N3O. The molecule has 0 atom stereocenters. The number of nitrogens with zero attached hydrogens (tertiary/aromatic N) is 2. The van der Waals surface area contributed by atoms with E-state index in [9.17, 15) is 18.0 Å². The number of fused-ring (bicyclic) bond motifs is 1. The minimum atomic E-state index is -4.47. The smallest absolute Gasteiger partial charge is 0.322 e. The number of para-hydroxylation sites is 1. The molecule has 2 aromatic carbocycles. The molecule has 4 rings (SSSR count). The summed E-state index contributed by atoms with van der Waals surface area (Å²) in [4.78, 5) is 12.5. The van der Waals surface area contributed by atoms with Crippen LogP contribution in [0.3, 0.4) is 0 Å². The lowest BCUT2D eigenvalue weighted by molar-refractivity contribution is -0.142. The quantitative estimate of drug-likeness (QED) is 0.647. The van der Waals surface area contributed by atoms with Gasteiger partial charge in [-0.2, -0.15) is 18.3 Å². The zero-order chi connectivity index (χ0) is 20.6. The molecule has 3 aromatic rings. The number of amides is 1. The standard InChI is InChI=1S/C22H20F3N3O/c1-14-6-2-4-8-18(14)26-21(29)15-10-12-16(13-11-15)28-19-9-5-3-7-17(19)20(27-28)22(23,24)25/h2,4,6,8,10-13H,3,5,7,9H2,1H3,(H,26,29). The van der Waals surface area contributed by atoms with Crippen LogP contribution in [0.1, 0.15) is 45.7 Å². The van der Waals surface area contributed by atoms with Crippen molar-refractivity contribution >= 4 is 11.6 Å². The number of halogens is 3. The van der Waals surface area contributed by atoms with Gasteiger partial charge in [-0.25, -0.2) is 4.68 Å². The van der Waals surface area contributed by atoms with Crippen molar-refractivity contribution in [3.8, 4) is 5.69 Å². The number of rotatable bonds is 3. The molecular weight excluding hydrogens is 379 g/mol. The first-order valence-electron chi connectivity index (χ1n) is 9.50. The average Bonchev–Trinajstić information content (AvgIpc) is 3.10. The number of aryl methyl sites for hydroxylation is 1. The van der Waals surface area contributed by atoms with Crippen LogP contribution in [0.4, 0.5) is 18.9 Å². The molecule has 29 heavy (non-hydrogen) atoms. The maximum absolute atomic E-state index is 13.4. The van der Waals surface area contributed by atoms with E-state index >= 15 is 0 Å². The number of anilines is 1. The Balaban J connectivity index is 1.62. The normalized spacial score (nSPS) is 13.8. The van der Waals surface area contributed by atoms with Crippen LogP contribution in [0, 0.1) is 6.92 Å². The van der Waals surface area contributed by atoms with Gasteiger partial charge in [-0.05, 0) is 68.5 Å². The van der Waals surface area contributed by atoms with Gasteiger partial charge >= 0.3 is 6.18 Å². The summed E-state index contributed by atoms with van der Waals surface area (Å²) in [5.41, 5.74) is 2.72. The van der Waals surface area contributed by atoms with Crippen molar-refractivity contribution in [3.05, 3.63) is 76.6 Å². The molecule has 0 saturated carbocycles. The molecule has 1 N–H and O–H groups in total. The molecule has 150 valence electrons. The van der Waals surface area contributed by atoms with Gasteiger partial charge in [0.15, 0.2) is 5.69 Å². The molecule has 7 heteroatoms. The SMILES string of the molecule is Cc1ccccc1NC(=O)c1ccc(-n2nc(C(F)(F)F)c3c2CCCC3)cc1. The van der Waals surface area contributed by atoms with Gasteiger partial charge in [-0.3, -0.25) is 4.79 Å². The van der Waals surface area contributed by atoms with E-state index in [1.54, 1.807) is 24.3 Å². The minimum absolute atomic E-state index is 0.274. The van der Waals surface area contributed by atoms with Crippen molar-refractivity contribution in [3.63, 3.8) is 0 Å². The summed E-state index contributed by atoms with van der Waals surface area (Å²) >= 11 is 0. The van der Waals surface area contributed by atoms with Crippen molar-refractivity contribution in [2.24, 2.45) is 0 Å². The summed E-state index contributed by atoms with van der Waals surface area (Å²) in [7, 11) is 0. The number of benzene rings is 2. The lowest BCUT2D eigenvalue weighted by Crippen LogP contribution is -2.13. The van der Waals surface area contributed by atoms with Crippen LogP contribution >= 0.6 is 0 Å². The number of nitrogens with one attached hydrogen (secondary N) is 1. The van der Waals surface area contributed by atoms with Gasteiger partial charge in [0.1, 0.15) is 0 Å². The number of hydrogen-bond acceptors (Lipinski definition) is 2. The third-order valence-corrected chi connectivity index (χ3v) is 5.22. The van der Waals surface area contributed by atoms with E-state index in [-0.39, 0.29) is 5.91 Å². The summed E-state index contributed by atoms with van der Waals surface area (Å²) < 4.78 is 41.5. The molecule has 4 nitrogen and oxygen atoms in total. The Labute approximate surface area is 166 Å². The van der Waals surface area contributed by atoms with Crippen molar-refractivity contribution < 1.29 is 18.0 Å². The zero-order valence-corrected chi connectivity index (χ0v) is 15.9. The van der Waals surface area contributed by atoms with Gasteiger partial charge in [-0.15, -0.1) is 0 Å². The van der Waals surface area contributed by atoms with Gasteiger partial charge in [-0.1, -0.05) is 18.2 Å². The highest BCUT2D eigenvalue weighted by molar-refractivity contribution is 6.04. The van der Waals surface area contributed by atoms with Gasteiger partial charge < -0.3 is 5.32 Å². The van der Waals surface area contributed by atoms with Crippen molar-refractivity contribution in [1.29, 1.82) is 0 Å². The predicted molar refractivity (Wildman–Crippen MR) is 104 cm³/mol. The van der Waals surface area contributed by atoms with Crippen molar-refractivity contribution in [2.75, 3.05) is 5.32 Å². The summed E-state index contributed by atoms with van der Waals surface area (Å²) in [6.45, 7) is 1.90. The van der Waals surface area contributed by atoms with E-state index in [0.717, 1.165) is 24.1 Å². The molecule has 0 fully saturated rings. The monoisotopic (exact) mass is 399 g/mol. The lowest BCUT2D eigenvalue weighted by atomic mass is 9.95. The van der Waals surface area contributed by atoms with E-state index in [2.05, 4.69) is 10.4 Å². The number of alkyl halides is 3. The summed E-state index contributed by atoms with van der Waals surface area (Å²) in [6, 6.07) is 13.9. The Morgan fingerprint density at radius 1 is 1.03 bits per heavy atom. The first-order chi connectivity index (χ1) is 13.8. The van der Waals surface area contributed by atoms with E-state index in [0.29, 0.717) is 35.3 Å². The van der Waals surface area contributed by atoms with Gasteiger partial charge in [0.25, 0.3) is 5.91 Å². The largest absolute Gasteiger partial charge is 0.435 e. The number of carbonyl (C=O) groups is 1. The molecule has 0 bridgehead atoms. The Hall–Kier alpha value is -3.09. The molecule has 1 aliphatic rings. The van der Waals surface area contributed by atoms with E-state index < -0.39 is 11.9 Å². The maximum Gasteiger partial charge on any atom is 0.435 e. The van der Waals surface area contributed by atoms with Crippen LogP contribution in [-0.2, 0) is 19.0 Å². The fraction of sp³-hybridized carbons (Fsp3) is 0.273. The molecule has 1 aromatic heterocycles. The maximum atomic E-state index is 13.4. The second kappa shape index (κ2) is 7.39. The number of hydrogen-bond donors (Lipinski definition) is 1. The van der Waals surface area contributed by atoms with Gasteiger partial charge in [0.05, 0.1) is 5.69 Å². The number of carbonyl (C=O) groups excluding carboxylic acids is 1. The van der Waals surface area contributed by atoms with E-state index in [4.69, 9.17) is 0 Å². The Kier molecular flexibility index (Phi) is 4.90. The second-order valence-electron chi connectivity index (χ2n) is 7.21. The molecule has 1 amide bonds. The van der Waals surface area contributed by atoms with Crippen molar-refractivity contribution in [1.82, 2.24) is 9.78 Å². The molecule has 0 aliphatic heterocycles. The summed E-state index contributed by atoms with van der Waals surface area (Å²) in [5, 5.41) is 6.73. The highest BCUT2D eigenvalue weighted by Crippen LogP contribution is 2.36. The third-order valence-electron chi connectivity index (χ3n) is 5.22. The predicted octanol–water partition coefficient (Wildman–Crippen LogP) is 5.33. The van der Waals surface area contributed by atoms with Crippen LogP contribution in [0.2, 0.25) is 0 Å². The fourth-order valence-electron chi connectivity index (χ4n) is 3.70. The lowest BCUT2D eigenvalue weighted by Gasteiger charge is -2.15. The van der Waals surface area contributed by atoms with Crippen LogP contribution in [0.15, 0.2) is 48.5 Å². The number of aromatic nitrogens is 2. The van der Waals surface area contributed by atoms with Gasteiger partial charge in [0.2, 0.25) is 0 Å². The molecule has 0 unspecified atom stereocenters. The van der Waals surface area contributed by atoms with Crippen LogP contribution in [0.25, 0.3) is 5.69 Å². The van der Waals surface area contributed by atoms with Crippen LogP contribution < -0.4 is 5.32 Å². The Bertz CT molecular complexity index is 1050. The third kappa shape index (κ3) is 3.77. The highest BCUT2D eigenvalue weighted by atomic mass is 19.4. The molecule has 0 saturated heterocycles. The average molecular weight is 399 g/mol. The van der Waals surface area contributed by atoms with Crippen LogP contribution in [-0.4, -0.2) is 15.7 Å². The minimum Gasteiger partial charge on any atom is -0.322 e. The topological polar surface area (TPSA) is 46.9 Å². The summed E-state index contributed by atoms with van der Waals surface area (Å²) in [6.07, 6.45) is -1.94. The molecule has 0 spiro atoms. The highest BCUT2D eigenvalue weighted by Gasteiger charge is 2.39. The fourth-order valence-corrected chi connectivity index (χ4v) is 3.70. The first-order valence-corrected chi connectivity index (χ1v) is 9.50. The zero-order valence-electron chi connectivity index (χ0n) is 15.9. The summed E-state index contributed by atoms with van der Waals surface area (Å²) in [5.74, 6) is -0.274. The molecule has 1 aliphatic carbocycles. The van der Waals surface area contributed by atoms with Crippen LogP contribution in [0.5, 0.6) is 0 Å². The van der Waals surface area contributed by atoms with E-state index in [1.165, 1.54) is 4.68 Å². The molecule has 0 radical (unpaired) electrons. The molecule has 1 heterocycles. The second-order valence-corrected chi connectivity index (χ2v) is 7.21. The van der Waals surface area contributed by atoms with Crippen molar-refractivity contribution in [2.45, 2.75) is 38.8 Å². The Morgan fingerprint density at radius 3 is 2.41 bits per heavy atom.